The highest BCUT2D eigenvalue weighted by molar-refractivity contribution is 5.91. The molecule has 0 aliphatic rings. The molecule has 1 atom stereocenters. The van der Waals surface area contributed by atoms with Gasteiger partial charge in [-0.15, -0.1) is 0 Å². The van der Waals surface area contributed by atoms with Crippen LogP contribution >= 0.6 is 0 Å². The maximum Gasteiger partial charge on any atom is 0.226 e. The highest BCUT2D eigenvalue weighted by Gasteiger charge is 2.15. The van der Waals surface area contributed by atoms with E-state index < -0.39 is 11.9 Å². The number of anilines is 1. The number of hydrogen-bond donors (Lipinski definition) is 2. The van der Waals surface area contributed by atoms with Crippen LogP contribution in [0.25, 0.3) is 5.69 Å². The number of nitrogens with one attached hydrogen (secondary N) is 1. The third kappa shape index (κ3) is 3.92. The molecule has 1 amide bonds. The first-order valence-electron chi connectivity index (χ1n) is 7.16. The topological polar surface area (TPSA) is 67.2 Å². The van der Waals surface area contributed by atoms with Gasteiger partial charge in [-0.2, -0.15) is 5.10 Å². The summed E-state index contributed by atoms with van der Waals surface area (Å²) in [4.78, 5) is 11.8. The summed E-state index contributed by atoms with van der Waals surface area (Å²) in [6.45, 7) is 5.53. The van der Waals surface area contributed by atoms with E-state index in [1.54, 1.807) is 24.5 Å². The minimum atomic E-state index is -0.712. The van der Waals surface area contributed by atoms with Gasteiger partial charge >= 0.3 is 0 Å². The monoisotopic (exact) mass is 305 g/mol. The van der Waals surface area contributed by atoms with Crippen molar-refractivity contribution in [3.8, 4) is 5.69 Å². The molecule has 2 N–H and O–H groups in total. The van der Waals surface area contributed by atoms with Crippen LogP contribution in [0.4, 0.5) is 10.1 Å². The Morgan fingerprint density at radius 3 is 2.73 bits per heavy atom. The summed E-state index contributed by atoms with van der Waals surface area (Å²) >= 11 is 0. The lowest BCUT2D eigenvalue weighted by atomic mass is 10.0. The molecular formula is C16H20FN3O2. The van der Waals surface area contributed by atoms with Gasteiger partial charge in [0.05, 0.1) is 18.7 Å². The average molecular weight is 305 g/mol. The van der Waals surface area contributed by atoms with E-state index in [0.717, 1.165) is 5.56 Å². The van der Waals surface area contributed by atoms with E-state index in [4.69, 9.17) is 0 Å². The van der Waals surface area contributed by atoms with E-state index in [0.29, 0.717) is 11.4 Å². The van der Waals surface area contributed by atoms with E-state index in [9.17, 15) is 14.3 Å². The second kappa shape index (κ2) is 6.70. The van der Waals surface area contributed by atoms with Gasteiger partial charge in [0, 0.05) is 11.9 Å². The Kier molecular flexibility index (Phi) is 4.92. The molecule has 1 heterocycles. The lowest BCUT2D eigenvalue weighted by molar-refractivity contribution is -0.118. The zero-order valence-corrected chi connectivity index (χ0v) is 12.9. The number of amides is 1. The quantitative estimate of drug-likeness (QED) is 0.892. The van der Waals surface area contributed by atoms with Gasteiger partial charge in [-0.25, -0.2) is 9.07 Å². The van der Waals surface area contributed by atoms with Crippen LogP contribution in [0.1, 0.15) is 25.8 Å². The van der Waals surface area contributed by atoms with Crippen molar-refractivity contribution in [1.29, 1.82) is 0 Å². The van der Waals surface area contributed by atoms with Crippen LogP contribution in [0, 0.1) is 18.7 Å². The van der Waals surface area contributed by atoms with Crippen molar-refractivity contribution in [2.75, 3.05) is 5.32 Å². The fraction of sp³-hybridized carbons (Fsp3) is 0.375. The highest BCUT2D eigenvalue weighted by Crippen LogP contribution is 2.19. The Morgan fingerprint density at radius 2 is 2.18 bits per heavy atom. The lowest BCUT2D eigenvalue weighted by Crippen LogP contribution is -2.23. The molecule has 0 spiro atoms. The number of carbonyl (C=O) groups excluding carboxylic acids is 1. The lowest BCUT2D eigenvalue weighted by Gasteiger charge is -2.14. The van der Waals surface area contributed by atoms with Crippen molar-refractivity contribution in [3.63, 3.8) is 0 Å². The number of aryl methyl sites for hydroxylation is 1. The van der Waals surface area contributed by atoms with Crippen LogP contribution in [-0.4, -0.2) is 26.9 Å². The van der Waals surface area contributed by atoms with Gasteiger partial charge in [0.15, 0.2) is 5.82 Å². The molecule has 0 saturated heterocycles. The number of aliphatic hydroxyl groups is 1. The third-order valence-electron chi connectivity index (χ3n) is 3.35. The summed E-state index contributed by atoms with van der Waals surface area (Å²) in [5, 5.41) is 16.3. The van der Waals surface area contributed by atoms with Gasteiger partial charge in [-0.3, -0.25) is 4.79 Å². The Labute approximate surface area is 128 Å². The highest BCUT2D eigenvalue weighted by atomic mass is 19.1. The molecule has 5 nitrogen and oxygen atoms in total. The molecule has 1 aromatic carbocycles. The number of hydrogen-bond acceptors (Lipinski definition) is 3. The average Bonchev–Trinajstić information content (AvgIpc) is 2.85. The fourth-order valence-electron chi connectivity index (χ4n) is 1.95. The molecule has 22 heavy (non-hydrogen) atoms. The molecule has 0 bridgehead atoms. The van der Waals surface area contributed by atoms with Crippen molar-refractivity contribution in [1.82, 2.24) is 9.78 Å². The van der Waals surface area contributed by atoms with E-state index in [1.807, 2.05) is 20.8 Å². The van der Waals surface area contributed by atoms with E-state index in [1.165, 1.54) is 10.7 Å². The molecular weight excluding hydrogens is 285 g/mol. The summed E-state index contributed by atoms with van der Waals surface area (Å²) < 4.78 is 15.6. The van der Waals surface area contributed by atoms with Gasteiger partial charge in [0.25, 0.3) is 0 Å². The zero-order chi connectivity index (χ0) is 16.3. The van der Waals surface area contributed by atoms with Crippen LogP contribution in [0.15, 0.2) is 30.6 Å². The standard InChI is InChI=1S/C16H20FN3O2/c1-10(2)15(21)7-16(22)19-12-4-5-14(13(17)6-12)20-9-11(3)8-18-20/h4-6,8-10,15,21H,7H2,1-3H3,(H,19,22). The third-order valence-corrected chi connectivity index (χ3v) is 3.35. The minimum Gasteiger partial charge on any atom is -0.392 e. The summed E-state index contributed by atoms with van der Waals surface area (Å²) in [7, 11) is 0. The Morgan fingerprint density at radius 1 is 1.45 bits per heavy atom. The molecule has 0 saturated carbocycles. The molecule has 2 aromatic rings. The number of nitrogens with zero attached hydrogens (tertiary/aromatic N) is 2. The predicted molar refractivity (Wildman–Crippen MR) is 82.4 cm³/mol. The number of aliphatic hydroxyl groups excluding tert-OH is 1. The normalized spacial score (nSPS) is 12.5. The molecule has 0 aliphatic carbocycles. The van der Waals surface area contributed by atoms with Crippen molar-refractivity contribution in [2.24, 2.45) is 5.92 Å². The van der Waals surface area contributed by atoms with Crippen molar-refractivity contribution < 1.29 is 14.3 Å². The summed E-state index contributed by atoms with van der Waals surface area (Å²) in [6, 6.07) is 4.40. The van der Waals surface area contributed by atoms with Crippen molar-refractivity contribution in [3.05, 3.63) is 42.0 Å². The van der Waals surface area contributed by atoms with Gasteiger partial charge in [-0.1, -0.05) is 13.8 Å². The maximum atomic E-state index is 14.1. The summed E-state index contributed by atoms with van der Waals surface area (Å²) in [5.74, 6) is -0.832. The van der Waals surface area contributed by atoms with Gasteiger partial charge < -0.3 is 10.4 Å². The number of rotatable bonds is 5. The zero-order valence-electron chi connectivity index (χ0n) is 12.9. The van der Waals surface area contributed by atoms with Gasteiger partial charge in [0.1, 0.15) is 5.69 Å². The van der Waals surface area contributed by atoms with E-state index in [2.05, 4.69) is 10.4 Å². The van der Waals surface area contributed by atoms with E-state index >= 15 is 0 Å². The second-order valence-electron chi connectivity index (χ2n) is 5.69. The molecule has 1 unspecified atom stereocenters. The smallest absolute Gasteiger partial charge is 0.226 e. The molecule has 1 aromatic heterocycles. The molecule has 0 fully saturated rings. The first-order chi connectivity index (χ1) is 10.4. The van der Waals surface area contributed by atoms with Crippen molar-refractivity contribution >= 4 is 11.6 Å². The first-order valence-corrected chi connectivity index (χ1v) is 7.16. The summed E-state index contributed by atoms with van der Waals surface area (Å²) in [5.41, 5.74) is 1.60. The fourth-order valence-corrected chi connectivity index (χ4v) is 1.95. The number of halogens is 1. The number of benzene rings is 1. The van der Waals surface area contributed by atoms with Crippen LogP contribution in [0.3, 0.4) is 0 Å². The van der Waals surface area contributed by atoms with Gasteiger partial charge in [-0.05, 0) is 36.6 Å². The minimum absolute atomic E-state index is 0.00656. The SMILES string of the molecule is Cc1cnn(-c2ccc(NC(=O)CC(O)C(C)C)cc2F)c1. The first kappa shape index (κ1) is 16.2. The van der Waals surface area contributed by atoms with Crippen molar-refractivity contribution in [2.45, 2.75) is 33.3 Å². The van der Waals surface area contributed by atoms with E-state index in [-0.39, 0.29) is 18.2 Å². The molecule has 118 valence electrons. The molecule has 0 aliphatic heterocycles. The summed E-state index contributed by atoms with van der Waals surface area (Å²) in [6.07, 6.45) is 2.63. The van der Waals surface area contributed by atoms with Crippen LogP contribution < -0.4 is 5.32 Å². The van der Waals surface area contributed by atoms with Gasteiger partial charge in [0.2, 0.25) is 5.91 Å². The van der Waals surface area contributed by atoms with Crippen LogP contribution in [0.5, 0.6) is 0 Å². The molecule has 0 radical (unpaired) electrons. The predicted octanol–water partition coefficient (Wildman–Crippen LogP) is 2.67. The largest absolute Gasteiger partial charge is 0.392 e. The van der Waals surface area contributed by atoms with Crippen LogP contribution in [-0.2, 0) is 4.79 Å². The Hall–Kier alpha value is -2.21. The Bertz CT molecular complexity index is 667. The number of carbonyl (C=O) groups is 1. The number of aromatic nitrogens is 2. The second-order valence-corrected chi connectivity index (χ2v) is 5.69. The van der Waals surface area contributed by atoms with Crippen LogP contribution in [0.2, 0.25) is 0 Å². The Balaban J connectivity index is 2.08. The maximum absolute atomic E-state index is 14.1. The molecule has 2 rings (SSSR count). The molecule has 6 heteroatoms.